The summed E-state index contributed by atoms with van der Waals surface area (Å²) in [5, 5.41) is 8.48. The molecule has 1 N–H and O–H groups in total. The average Bonchev–Trinajstić information content (AvgIpc) is 3.29. The summed E-state index contributed by atoms with van der Waals surface area (Å²) in [5.41, 5.74) is 3.96. The Morgan fingerprint density at radius 3 is 2.53 bits per heavy atom. The minimum atomic E-state index is -0.157. The summed E-state index contributed by atoms with van der Waals surface area (Å²) in [6.07, 6.45) is 2.13. The number of allylic oxidation sites excluding steroid dienone is 1. The SMILES string of the molecule is CCCCN1C(=S)NC(c2ccccc2)C(c2nc(-c3ccc(OCC)cc3)no2)=C1C. The Bertz CT molecular complexity index is 1090. The fourth-order valence-electron chi connectivity index (χ4n) is 3.86. The van der Waals surface area contributed by atoms with Crippen LogP contribution in [0, 0.1) is 0 Å². The summed E-state index contributed by atoms with van der Waals surface area (Å²) in [4.78, 5) is 6.89. The van der Waals surface area contributed by atoms with E-state index in [1.165, 1.54) is 0 Å². The molecule has 0 spiro atoms. The van der Waals surface area contributed by atoms with Gasteiger partial charge in [-0.15, -0.1) is 0 Å². The minimum absolute atomic E-state index is 0.157. The van der Waals surface area contributed by atoms with Gasteiger partial charge < -0.3 is 19.5 Å². The largest absolute Gasteiger partial charge is 0.494 e. The first kappa shape index (κ1) is 22.0. The number of hydrogen-bond donors (Lipinski definition) is 1. The standard InChI is InChI=1S/C25H28N4O2S/c1-4-6-16-29-17(3)21(22(26-25(29)32)18-10-8-7-9-11-18)24-27-23(28-31-24)19-12-14-20(15-13-19)30-5-2/h7-15,22H,4-6,16H2,1-3H3,(H,26,32). The van der Waals surface area contributed by atoms with Crippen molar-refractivity contribution in [3.05, 3.63) is 71.7 Å². The molecule has 0 saturated carbocycles. The molecule has 2 aromatic carbocycles. The van der Waals surface area contributed by atoms with Crippen molar-refractivity contribution >= 4 is 22.9 Å². The fraction of sp³-hybridized carbons (Fsp3) is 0.320. The zero-order valence-corrected chi connectivity index (χ0v) is 19.5. The van der Waals surface area contributed by atoms with Crippen molar-refractivity contribution in [2.45, 2.75) is 39.7 Å². The van der Waals surface area contributed by atoms with Gasteiger partial charge in [0.15, 0.2) is 5.11 Å². The number of benzene rings is 2. The van der Waals surface area contributed by atoms with Gasteiger partial charge in [-0.05, 0) is 62.3 Å². The van der Waals surface area contributed by atoms with Crippen LogP contribution in [0.3, 0.4) is 0 Å². The molecule has 1 aromatic heterocycles. The molecule has 6 nitrogen and oxygen atoms in total. The van der Waals surface area contributed by atoms with Gasteiger partial charge in [-0.25, -0.2) is 0 Å². The zero-order valence-electron chi connectivity index (χ0n) is 18.7. The van der Waals surface area contributed by atoms with Crippen molar-refractivity contribution in [2.24, 2.45) is 0 Å². The summed E-state index contributed by atoms with van der Waals surface area (Å²) in [6.45, 7) is 7.69. The number of aromatic nitrogens is 2. The van der Waals surface area contributed by atoms with E-state index in [0.29, 0.717) is 18.3 Å². The molecular weight excluding hydrogens is 420 g/mol. The number of unbranched alkanes of at least 4 members (excludes halogenated alkanes) is 1. The Kier molecular flexibility index (Phi) is 6.85. The molecule has 0 bridgehead atoms. The molecule has 0 fully saturated rings. The summed E-state index contributed by atoms with van der Waals surface area (Å²) >= 11 is 5.72. The van der Waals surface area contributed by atoms with E-state index in [-0.39, 0.29) is 6.04 Å². The summed E-state index contributed by atoms with van der Waals surface area (Å²) in [6, 6.07) is 17.8. The van der Waals surface area contributed by atoms with E-state index in [2.05, 4.69) is 41.4 Å². The Balaban J connectivity index is 1.73. The van der Waals surface area contributed by atoms with Crippen LogP contribution >= 0.6 is 12.2 Å². The van der Waals surface area contributed by atoms with E-state index in [1.807, 2.05) is 49.4 Å². The highest BCUT2D eigenvalue weighted by atomic mass is 32.1. The van der Waals surface area contributed by atoms with Crippen LogP contribution in [0.25, 0.3) is 17.0 Å². The van der Waals surface area contributed by atoms with Crippen LogP contribution in [0.2, 0.25) is 0 Å². The van der Waals surface area contributed by atoms with Gasteiger partial charge in [0.05, 0.1) is 18.2 Å². The molecule has 32 heavy (non-hydrogen) atoms. The first-order valence-corrected chi connectivity index (χ1v) is 11.4. The molecule has 166 valence electrons. The third-order valence-electron chi connectivity index (χ3n) is 5.54. The van der Waals surface area contributed by atoms with Gasteiger partial charge in [0.25, 0.3) is 5.89 Å². The lowest BCUT2D eigenvalue weighted by atomic mass is 9.95. The molecule has 1 atom stereocenters. The Morgan fingerprint density at radius 2 is 1.84 bits per heavy atom. The highest BCUT2D eigenvalue weighted by Gasteiger charge is 2.33. The summed E-state index contributed by atoms with van der Waals surface area (Å²) in [5.74, 6) is 1.86. The molecule has 0 radical (unpaired) electrons. The number of rotatable bonds is 8. The number of thiocarbonyl (C=S) groups is 1. The normalized spacial score (nSPS) is 16.3. The predicted octanol–water partition coefficient (Wildman–Crippen LogP) is 5.60. The lowest BCUT2D eigenvalue weighted by Gasteiger charge is -2.37. The van der Waals surface area contributed by atoms with Crippen LogP contribution in [0.15, 0.2) is 64.8 Å². The van der Waals surface area contributed by atoms with E-state index in [1.54, 1.807) is 0 Å². The molecule has 7 heteroatoms. The predicted molar refractivity (Wildman–Crippen MR) is 130 cm³/mol. The van der Waals surface area contributed by atoms with E-state index >= 15 is 0 Å². The second-order valence-electron chi connectivity index (χ2n) is 7.68. The van der Waals surface area contributed by atoms with Crippen LogP contribution in [0.5, 0.6) is 5.75 Å². The monoisotopic (exact) mass is 448 g/mol. The van der Waals surface area contributed by atoms with Gasteiger partial charge in [0, 0.05) is 17.8 Å². The van der Waals surface area contributed by atoms with Crippen molar-refractivity contribution in [2.75, 3.05) is 13.2 Å². The fourth-order valence-corrected chi connectivity index (χ4v) is 4.20. The van der Waals surface area contributed by atoms with Crippen molar-refractivity contribution < 1.29 is 9.26 Å². The van der Waals surface area contributed by atoms with Crippen LogP contribution in [-0.2, 0) is 0 Å². The van der Waals surface area contributed by atoms with E-state index in [9.17, 15) is 0 Å². The molecule has 4 rings (SSSR count). The number of hydrogen-bond acceptors (Lipinski definition) is 5. The smallest absolute Gasteiger partial charge is 0.258 e. The van der Waals surface area contributed by atoms with Crippen molar-refractivity contribution in [3.63, 3.8) is 0 Å². The first-order chi connectivity index (χ1) is 15.6. The van der Waals surface area contributed by atoms with Crippen LogP contribution in [0.4, 0.5) is 0 Å². The molecule has 0 amide bonds. The maximum Gasteiger partial charge on any atom is 0.258 e. The van der Waals surface area contributed by atoms with Crippen molar-refractivity contribution in [3.8, 4) is 17.1 Å². The average molecular weight is 449 g/mol. The highest BCUT2D eigenvalue weighted by molar-refractivity contribution is 7.80. The maximum absolute atomic E-state index is 5.79. The quantitative estimate of drug-likeness (QED) is 0.450. The lowest BCUT2D eigenvalue weighted by Crippen LogP contribution is -2.46. The molecule has 3 aromatic rings. The molecule has 1 aliphatic heterocycles. The Morgan fingerprint density at radius 1 is 1.09 bits per heavy atom. The first-order valence-electron chi connectivity index (χ1n) is 11.0. The Hall–Kier alpha value is -3.19. The maximum atomic E-state index is 5.79. The summed E-state index contributed by atoms with van der Waals surface area (Å²) in [7, 11) is 0. The molecule has 1 aliphatic rings. The van der Waals surface area contributed by atoms with Gasteiger partial charge >= 0.3 is 0 Å². The molecule has 2 heterocycles. The molecule has 0 aliphatic carbocycles. The van der Waals surface area contributed by atoms with Gasteiger partial charge in [-0.3, -0.25) is 0 Å². The van der Waals surface area contributed by atoms with Crippen LogP contribution < -0.4 is 10.1 Å². The molecular formula is C25H28N4O2S. The van der Waals surface area contributed by atoms with E-state index < -0.39 is 0 Å². The zero-order chi connectivity index (χ0) is 22.5. The third kappa shape index (κ3) is 4.53. The topological polar surface area (TPSA) is 63.4 Å². The number of nitrogens with zero attached hydrogens (tertiary/aromatic N) is 3. The third-order valence-corrected chi connectivity index (χ3v) is 5.88. The summed E-state index contributed by atoms with van der Waals surface area (Å²) < 4.78 is 11.3. The number of nitrogens with one attached hydrogen (secondary N) is 1. The van der Waals surface area contributed by atoms with Crippen LogP contribution in [0.1, 0.15) is 51.1 Å². The Labute approximate surface area is 194 Å². The second kappa shape index (κ2) is 9.96. The lowest BCUT2D eigenvalue weighted by molar-refractivity contribution is 0.340. The number of ether oxygens (including phenoxy) is 1. The van der Waals surface area contributed by atoms with Gasteiger partial charge in [-0.1, -0.05) is 48.8 Å². The van der Waals surface area contributed by atoms with Crippen molar-refractivity contribution in [1.29, 1.82) is 0 Å². The molecule has 0 saturated heterocycles. The van der Waals surface area contributed by atoms with Crippen molar-refractivity contribution in [1.82, 2.24) is 20.4 Å². The second-order valence-corrected chi connectivity index (χ2v) is 8.06. The van der Waals surface area contributed by atoms with Gasteiger partial charge in [-0.2, -0.15) is 4.98 Å². The van der Waals surface area contributed by atoms with Gasteiger partial charge in [0.2, 0.25) is 5.82 Å². The van der Waals surface area contributed by atoms with E-state index in [4.69, 9.17) is 26.5 Å². The van der Waals surface area contributed by atoms with Crippen LogP contribution in [-0.4, -0.2) is 33.3 Å². The highest BCUT2D eigenvalue weighted by Crippen LogP contribution is 2.37. The minimum Gasteiger partial charge on any atom is -0.494 e. The van der Waals surface area contributed by atoms with E-state index in [0.717, 1.165) is 52.6 Å². The van der Waals surface area contributed by atoms with Gasteiger partial charge in [0.1, 0.15) is 5.75 Å². The molecule has 1 unspecified atom stereocenters.